The highest BCUT2D eigenvalue weighted by molar-refractivity contribution is 6.04. The van der Waals surface area contributed by atoms with E-state index in [9.17, 15) is 19.7 Å². The Balaban J connectivity index is 1.39. The zero-order chi connectivity index (χ0) is 22.7. The molecule has 0 aliphatic rings. The number of nitrogens with zero attached hydrogens (tertiary/aromatic N) is 5. The van der Waals surface area contributed by atoms with Gasteiger partial charge in [0, 0.05) is 24.6 Å². The van der Waals surface area contributed by atoms with Gasteiger partial charge in [-0.3, -0.25) is 29.1 Å². The lowest BCUT2D eigenvalue weighted by atomic mass is 10.2. The number of benzene rings is 1. The minimum absolute atomic E-state index is 0.0598. The van der Waals surface area contributed by atoms with Crippen LogP contribution in [0.3, 0.4) is 0 Å². The third-order valence-corrected chi connectivity index (χ3v) is 4.36. The normalized spacial score (nSPS) is 10.7. The molecule has 2 amide bonds. The van der Waals surface area contributed by atoms with E-state index in [1.54, 1.807) is 49.6 Å². The highest BCUT2D eigenvalue weighted by atomic mass is 16.6. The molecule has 162 valence electrons. The molecule has 2 N–H and O–H groups in total. The SMILES string of the molecule is Cn1ccc(C(=O)Nc2cccc(NC(=O)c3ccc(Cn4cc([N+](=O)[O-])cn4)o3)c2)n1. The van der Waals surface area contributed by atoms with Crippen LogP contribution in [0.1, 0.15) is 26.8 Å². The zero-order valence-electron chi connectivity index (χ0n) is 16.8. The third-order valence-electron chi connectivity index (χ3n) is 4.36. The molecule has 0 spiro atoms. The van der Waals surface area contributed by atoms with Crippen molar-refractivity contribution in [2.75, 3.05) is 10.6 Å². The molecule has 12 nitrogen and oxygen atoms in total. The Bertz CT molecular complexity index is 1300. The maximum atomic E-state index is 12.5. The van der Waals surface area contributed by atoms with Gasteiger partial charge in [-0.2, -0.15) is 10.2 Å². The number of hydrogen-bond acceptors (Lipinski definition) is 7. The van der Waals surface area contributed by atoms with Crippen molar-refractivity contribution in [1.82, 2.24) is 19.6 Å². The minimum Gasteiger partial charge on any atom is -0.454 e. The van der Waals surface area contributed by atoms with Gasteiger partial charge in [-0.05, 0) is 36.4 Å². The highest BCUT2D eigenvalue weighted by Gasteiger charge is 2.15. The first kappa shape index (κ1) is 20.5. The van der Waals surface area contributed by atoms with E-state index in [-0.39, 0.29) is 29.6 Å². The number of nitro groups is 1. The van der Waals surface area contributed by atoms with Crippen molar-refractivity contribution in [2.45, 2.75) is 6.54 Å². The van der Waals surface area contributed by atoms with Crippen LogP contribution in [-0.4, -0.2) is 36.3 Å². The standard InChI is InChI=1S/C20H17N7O5/c1-25-8-7-17(24-25)19(28)22-13-3-2-4-14(9-13)23-20(29)18-6-5-16(32-18)12-26-11-15(10-21-26)27(30)31/h2-11H,12H2,1H3,(H,22,28)(H,23,29). The average Bonchev–Trinajstić information content (AvgIpc) is 3.50. The van der Waals surface area contributed by atoms with Gasteiger partial charge in [-0.25, -0.2) is 0 Å². The van der Waals surface area contributed by atoms with Gasteiger partial charge in [0.2, 0.25) is 0 Å². The lowest BCUT2D eigenvalue weighted by Gasteiger charge is -2.07. The zero-order valence-corrected chi connectivity index (χ0v) is 16.8. The van der Waals surface area contributed by atoms with Crippen molar-refractivity contribution in [1.29, 1.82) is 0 Å². The predicted molar refractivity (Wildman–Crippen MR) is 112 cm³/mol. The number of amides is 2. The minimum atomic E-state index is -0.544. The van der Waals surface area contributed by atoms with Crippen molar-refractivity contribution in [2.24, 2.45) is 7.05 Å². The van der Waals surface area contributed by atoms with Gasteiger partial charge < -0.3 is 15.1 Å². The van der Waals surface area contributed by atoms with E-state index >= 15 is 0 Å². The molecule has 1 aromatic carbocycles. The van der Waals surface area contributed by atoms with Crippen molar-refractivity contribution < 1.29 is 18.9 Å². The number of aryl methyl sites for hydroxylation is 1. The molecule has 3 aromatic heterocycles. The van der Waals surface area contributed by atoms with Gasteiger partial charge in [0.1, 0.15) is 18.2 Å². The number of carbonyl (C=O) groups excluding carboxylic acids is 2. The molecule has 0 unspecified atom stereocenters. The van der Waals surface area contributed by atoms with Crippen molar-refractivity contribution in [3.8, 4) is 0 Å². The number of furan rings is 1. The molecule has 0 saturated carbocycles. The second-order valence-electron chi connectivity index (χ2n) is 6.78. The Morgan fingerprint density at radius 2 is 1.88 bits per heavy atom. The molecule has 0 radical (unpaired) electrons. The lowest BCUT2D eigenvalue weighted by molar-refractivity contribution is -0.385. The Labute approximate surface area is 180 Å². The molecular weight excluding hydrogens is 418 g/mol. The van der Waals surface area contributed by atoms with Crippen LogP contribution in [0.25, 0.3) is 0 Å². The molecule has 0 aliphatic heterocycles. The molecule has 0 atom stereocenters. The second-order valence-corrected chi connectivity index (χ2v) is 6.78. The van der Waals surface area contributed by atoms with E-state index in [1.807, 2.05) is 0 Å². The number of anilines is 2. The summed E-state index contributed by atoms with van der Waals surface area (Å²) >= 11 is 0. The molecule has 4 rings (SSSR count). The molecule has 3 heterocycles. The largest absolute Gasteiger partial charge is 0.454 e. The van der Waals surface area contributed by atoms with Crippen LogP contribution < -0.4 is 10.6 Å². The first-order valence-corrected chi connectivity index (χ1v) is 9.35. The highest BCUT2D eigenvalue weighted by Crippen LogP contribution is 2.18. The summed E-state index contributed by atoms with van der Waals surface area (Å²) in [5.41, 5.74) is 1.07. The molecule has 0 saturated heterocycles. The fourth-order valence-electron chi connectivity index (χ4n) is 2.88. The third kappa shape index (κ3) is 4.70. The number of hydrogen-bond donors (Lipinski definition) is 2. The topological polar surface area (TPSA) is 150 Å². The van der Waals surface area contributed by atoms with Gasteiger partial charge in [-0.15, -0.1) is 0 Å². The first-order valence-electron chi connectivity index (χ1n) is 9.35. The van der Waals surface area contributed by atoms with Crippen LogP contribution in [0.4, 0.5) is 17.1 Å². The summed E-state index contributed by atoms with van der Waals surface area (Å²) in [5, 5.41) is 24.1. The summed E-state index contributed by atoms with van der Waals surface area (Å²) in [6.45, 7) is 0.135. The van der Waals surface area contributed by atoms with Gasteiger partial charge >= 0.3 is 5.69 Å². The predicted octanol–water partition coefficient (Wildman–Crippen LogP) is 2.67. The summed E-state index contributed by atoms with van der Waals surface area (Å²) in [7, 11) is 1.71. The molecule has 0 fully saturated rings. The molecule has 12 heteroatoms. The van der Waals surface area contributed by atoms with Crippen LogP contribution in [0, 0.1) is 10.1 Å². The van der Waals surface area contributed by atoms with Crippen molar-refractivity contribution in [3.05, 3.63) is 88.4 Å². The molecule has 4 aromatic rings. The van der Waals surface area contributed by atoms with Crippen molar-refractivity contribution in [3.63, 3.8) is 0 Å². The van der Waals surface area contributed by atoms with Crippen LogP contribution >= 0.6 is 0 Å². The smallest absolute Gasteiger partial charge is 0.307 e. The Morgan fingerprint density at radius 1 is 1.12 bits per heavy atom. The number of carbonyl (C=O) groups is 2. The summed E-state index contributed by atoms with van der Waals surface area (Å²) < 4.78 is 8.39. The van der Waals surface area contributed by atoms with E-state index in [0.29, 0.717) is 17.1 Å². The van der Waals surface area contributed by atoms with E-state index in [0.717, 1.165) is 6.20 Å². The van der Waals surface area contributed by atoms with Gasteiger partial charge in [0.25, 0.3) is 11.8 Å². The first-order chi connectivity index (χ1) is 15.4. The lowest BCUT2D eigenvalue weighted by Crippen LogP contribution is -2.14. The summed E-state index contributed by atoms with van der Waals surface area (Å²) in [6, 6.07) is 11.3. The molecule has 32 heavy (non-hydrogen) atoms. The fourth-order valence-corrected chi connectivity index (χ4v) is 2.88. The molecular formula is C20H17N7O5. The van der Waals surface area contributed by atoms with E-state index < -0.39 is 10.8 Å². The molecule has 0 bridgehead atoms. The Hall–Kier alpha value is -4.74. The van der Waals surface area contributed by atoms with Crippen LogP contribution in [-0.2, 0) is 13.6 Å². The summed E-state index contributed by atoms with van der Waals surface area (Å²) in [4.78, 5) is 34.9. The Morgan fingerprint density at radius 3 is 2.53 bits per heavy atom. The van der Waals surface area contributed by atoms with Crippen molar-refractivity contribution >= 4 is 28.9 Å². The monoisotopic (exact) mass is 435 g/mol. The van der Waals surface area contributed by atoms with E-state index in [4.69, 9.17) is 4.42 Å². The van der Waals surface area contributed by atoms with Crippen LogP contribution in [0.5, 0.6) is 0 Å². The van der Waals surface area contributed by atoms with E-state index in [1.165, 1.54) is 21.6 Å². The Kier molecular flexibility index (Phi) is 5.49. The maximum absolute atomic E-state index is 12.5. The number of aromatic nitrogens is 4. The van der Waals surface area contributed by atoms with Gasteiger partial charge in [0.15, 0.2) is 11.5 Å². The summed E-state index contributed by atoms with van der Waals surface area (Å²) in [6.07, 6.45) is 4.07. The molecule has 0 aliphatic carbocycles. The fraction of sp³-hybridized carbons (Fsp3) is 0.100. The van der Waals surface area contributed by atoms with E-state index in [2.05, 4.69) is 20.8 Å². The van der Waals surface area contributed by atoms with Crippen LogP contribution in [0.15, 0.2) is 65.5 Å². The van der Waals surface area contributed by atoms with Crippen LogP contribution in [0.2, 0.25) is 0 Å². The number of nitrogens with one attached hydrogen (secondary N) is 2. The second kappa shape index (κ2) is 8.55. The summed E-state index contributed by atoms with van der Waals surface area (Å²) in [5.74, 6) is -0.395. The van der Waals surface area contributed by atoms with Gasteiger partial charge in [-0.1, -0.05) is 6.07 Å². The number of rotatable bonds is 7. The van der Waals surface area contributed by atoms with Gasteiger partial charge in [0.05, 0.1) is 11.5 Å². The maximum Gasteiger partial charge on any atom is 0.307 e. The average molecular weight is 435 g/mol. The quantitative estimate of drug-likeness (QED) is 0.335.